The summed E-state index contributed by atoms with van der Waals surface area (Å²) in [5.74, 6) is 2.43. The lowest BCUT2D eigenvalue weighted by Crippen LogP contribution is -2.46. The molecule has 0 amide bonds. The molecule has 2 atom stereocenters. The lowest BCUT2D eigenvalue weighted by atomic mass is 10.0. The van der Waals surface area contributed by atoms with Gasteiger partial charge in [0, 0.05) is 30.8 Å². The quantitative estimate of drug-likeness (QED) is 0.525. The molecule has 0 saturated carbocycles. The topological polar surface area (TPSA) is 34.2 Å². The maximum Gasteiger partial charge on any atom is 0.124 e. The van der Waals surface area contributed by atoms with E-state index in [1.165, 1.54) is 42.7 Å². The summed E-state index contributed by atoms with van der Waals surface area (Å²) in [7, 11) is 3.49. The second-order valence-electron chi connectivity index (χ2n) is 9.43. The van der Waals surface area contributed by atoms with Crippen LogP contribution in [0.15, 0.2) is 42.5 Å². The van der Waals surface area contributed by atoms with E-state index >= 15 is 0 Å². The summed E-state index contributed by atoms with van der Waals surface area (Å²) in [6, 6.07) is 15.6. The molecule has 0 bridgehead atoms. The standard InChI is InChI=1S/C27H38N2O3/c1-20(2)18-32-19-22(28-14-5-6-15-28)17-29-25-8-7-9-27(31-4)24(25)16-26(29)21-10-12-23(30-3)13-11-21/h7-13,20,22,26H,5-6,14-19H2,1-4H3. The van der Waals surface area contributed by atoms with Crippen LogP contribution in [0.4, 0.5) is 5.69 Å². The number of fused-ring (bicyclic) bond motifs is 1. The number of benzene rings is 2. The predicted octanol–water partition coefficient (Wildman–Crippen LogP) is 4.94. The third-order valence-corrected chi connectivity index (χ3v) is 6.74. The van der Waals surface area contributed by atoms with Gasteiger partial charge in [-0.2, -0.15) is 0 Å². The van der Waals surface area contributed by atoms with Gasteiger partial charge in [-0.05, 0) is 61.7 Å². The van der Waals surface area contributed by atoms with Crippen LogP contribution in [-0.4, -0.2) is 58.0 Å². The first-order valence-corrected chi connectivity index (χ1v) is 12.0. The molecule has 2 unspecified atom stereocenters. The highest BCUT2D eigenvalue weighted by Gasteiger charge is 2.35. The maximum absolute atomic E-state index is 6.17. The largest absolute Gasteiger partial charge is 0.497 e. The first-order valence-electron chi connectivity index (χ1n) is 12.0. The number of rotatable bonds is 10. The van der Waals surface area contributed by atoms with E-state index in [-0.39, 0.29) is 6.04 Å². The molecule has 0 spiro atoms. The Morgan fingerprint density at radius 2 is 1.69 bits per heavy atom. The van der Waals surface area contributed by atoms with Crippen LogP contribution in [0, 0.1) is 5.92 Å². The predicted molar refractivity (Wildman–Crippen MR) is 130 cm³/mol. The monoisotopic (exact) mass is 438 g/mol. The van der Waals surface area contributed by atoms with E-state index in [2.05, 4.69) is 66.1 Å². The SMILES string of the molecule is COc1ccc(C2Cc3c(OC)cccc3N2CC(COCC(C)C)N2CCCC2)cc1. The number of nitrogens with zero attached hydrogens (tertiary/aromatic N) is 2. The molecule has 0 N–H and O–H groups in total. The minimum Gasteiger partial charge on any atom is -0.497 e. The van der Waals surface area contributed by atoms with Gasteiger partial charge in [0.05, 0.1) is 32.9 Å². The van der Waals surface area contributed by atoms with Crippen molar-refractivity contribution in [1.82, 2.24) is 4.90 Å². The molecule has 4 rings (SSSR count). The van der Waals surface area contributed by atoms with Gasteiger partial charge in [0.2, 0.25) is 0 Å². The molecule has 32 heavy (non-hydrogen) atoms. The van der Waals surface area contributed by atoms with Gasteiger partial charge in [-0.1, -0.05) is 32.0 Å². The molecule has 174 valence electrons. The molecular formula is C27H38N2O3. The lowest BCUT2D eigenvalue weighted by molar-refractivity contribution is 0.0564. The van der Waals surface area contributed by atoms with E-state index in [1.54, 1.807) is 14.2 Å². The van der Waals surface area contributed by atoms with E-state index in [0.717, 1.165) is 37.7 Å². The van der Waals surface area contributed by atoms with Crippen molar-refractivity contribution in [2.24, 2.45) is 5.92 Å². The van der Waals surface area contributed by atoms with Gasteiger partial charge in [0.1, 0.15) is 11.5 Å². The van der Waals surface area contributed by atoms with Crippen molar-refractivity contribution in [2.45, 2.75) is 45.2 Å². The van der Waals surface area contributed by atoms with Crippen molar-refractivity contribution in [1.29, 1.82) is 0 Å². The molecule has 0 radical (unpaired) electrons. The minimum absolute atomic E-state index is 0.280. The van der Waals surface area contributed by atoms with Crippen LogP contribution in [0.25, 0.3) is 0 Å². The number of likely N-dealkylation sites (tertiary alicyclic amines) is 1. The van der Waals surface area contributed by atoms with E-state index in [9.17, 15) is 0 Å². The van der Waals surface area contributed by atoms with Crippen LogP contribution >= 0.6 is 0 Å². The molecule has 2 aliphatic heterocycles. The molecule has 1 saturated heterocycles. The Bertz CT molecular complexity index is 862. The van der Waals surface area contributed by atoms with Crippen LogP contribution in [0.5, 0.6) is 11.5 Å². The Hall–Kier alpha value is -2.24. The maximum atomic E-state index is 6.17. The Balaban J connectivity index is 1.63. The van der Waals surface area contributed by atoms with Crippen molar-refractivity contribution < 1.29 is 14.2 Å². The van der Waals surface area contributed by atoms with Crippen LogP contribution in [0.2, 0.25) is 0 Å². The zero-order valence-electron chi connectivity index (χ0n) is 20.0. The van der Waals surface area contributed by atoms with Gasteiger partial charge in [0.15, 0.2) is 0 Å². The van der Waals surface area contributed by atoms with E-state index in [4.69, 9.17) is 14.2 Å². The fraction of sp³-hybridized carbons (Fsp3) is 0.556. The third kappa shape index (κ3) is 5.05. The van der Waals surface area contributed by atoms with Crippen molar-refractivity contribution in [3.8, 4) is 11.5 Å². The normalized spacial score (nSPS) is 19.4. The molecule has 5 nitrogen and oxygen atoms in total. The average Bonchev–Trinajstić information content (AvgIpc) is 3.46. The number of anilines is 1. The van der Waals surface area contributed by atoms with Gasteiger partial charge < -0.3 is 19.1 Å². The third-order valence-electron chi connectivity index (χ3n) is 6.74. The molecule has 5 heteroatoms. The van der Waals surface area contributed by atoms with E-state index in [0.29, 0.717) is 12.0 Å². The Morgan fingerprint density at radius 1 is 0.938 bits per heavy atom. The van der Waals surface area contributed by atoms with Crippen LogP contribution in [0.1, 0.15) is 43.9 Å². The van der Waals surface area contributed by atoms with Crippen molar-refractivity contribution in [2.75, 3.05) is 52.0 Å². The Morgan fingerprint density at radius 3 is 2.34 bits per heavy atom. The first-order chi connectivity index (χ1) is 15.6. The molecule has 2 heterocycles. The summed E-state index contributed by atoms with van der Waals surface area (Å²) >= 11 is 0. The fourth-order valence-corrected chi connectivity index (χ4v) is 5.09. The number of hydrogen-bond acceptors (Lipinski definition) is 5. The average molecular weight is 439 g/mol. The minimum atomic E-state index is 0.280. The van der Waals surface area contributed by atoms with E-state index < -0.39 is 0 Å². The van der Waals surface area contributed by atoms with Gasteiger partial charge in [0.25, 0.3) is 0 Å². The zero-order chi connectivity index (χ0) is 22.5. The number of hydrogen-bond donors (Lipinski definition) is 0. The van der Waals surface area contributed by atoms with Crippen LogP contribution < -0.4 is 14.4 Å². The van der Waals surface area contributed by atoms with E-state index in [1.807, 2.05) is 0 Å². The van der Waals surface area contributed by atoms with Gasteiger partial charge in [-0.3, -0.25) is 4.90 Å². The number of methoxy groups -OCH3 is 2. The fourth-order valence-electron chi connectivity index (χ4n) is 5.09. The zero-order valence-corrected chi connectivity index (χ0v) is 20.0. The summed E-state index contributed by atoms with van der Waals surface area (Å²) in [5.41, 5.74) is 3.91. The highest BCUT2D eigenvalue weighted by Crippen LogP contribution is 2.45. The van der Waals surface area contributed by atoms with Crippen LogP contribution in [0.3, 0.4) is 0 Å². The van der Waals surface area contributed by atoms with Gasteiger partial charge in [-0.15, -0.1) is 0 Å². The summed E-state index contributed by atoms with van der Waals surface area (Å²) in [5, 5.41) is 0. The lowest BCUT2D eigenvalue weighted by Gasteiger charge is -2.36. The Labute approximate surface area is 193 Å². The van der Waals surface area contributed by atoms with Gasteiger partial charge in [-0.25, -0.2) is 0 Å². The van der Waals surface area contributed by atoms with Crippen molar-refractivity contribution >= 4 is 5.69 Å². The smallest absolute Gasteiger partial charge is 0.124 e. The summed E-state index contributed by atoms with van der Waals surface area (Å²) < 4.78 is 17.3. The Kier molecular flexibility index (Phi) is 7.59. The summed E-state index contributed by atoms with van der Waals surface area (Å²) in [6.45, 7) is 9.32. The highest BCUT2D eigenvalue weighted by atomic mass is 16.5. The molecule has 0 aromatic heterocycles. The molecule has 2 aromatic rings. The highest BCUT2D eigenvalue weighted by molar-refractivity contribution is 5.65. The second kappa shape index (κ2) is 10.6. The summed E-state index contributed by atoms with van der Waals surface area (Å²) in [6.07, 6.45) is 3.52. The van der Waals surface area contributed by atoms with Gasteiger partial charge >= 0.3 is 0 Å². The first kappa shape index (κ1) is 22.9. The van der Waals surface area contributed by atoms with Crippen LogP contribution in [-0.2, 0) is 11.2 Å². The number of ether oxygens (including phenoxy) is 3. The molecule has 2 aromatic carbocycles. The second-order valence-corrected chi connectivity index (χ2v) is 9.43. The molecule has 0 aliphatic carbocycles. The van der Waals surface area contributed by atoms with Crippen molar-refractivity contribution in [3.63, 3.8) is 0 Å². The summed E-state index contributed by atoms with van der Waals surface area (Å²) in [4.78, 5) is 5.21. The van der Waals surface area contributed by atoms with Crippen molar-refractivity contribution in [3.05, 3.63) is 53.6 Å². The molecular weight excluding hydrogens is 400 g/mol. The molecule has 1 fully saturated rings. The molecule has 2 aliphatic rings.